The van der Waals surface area contributed by atoms with Crippen LogP contribution in [0, 0.1) is 6.92 Å². The van der Waals surface area contributed by atoms with E-state index in [1.807, 2.05) is 19.1 Å². The van der Waals surface area contributed by atoms with Crippen molar-refractivity contribution in [1.29, 1.82) is 0 Å². The van der Waals surface area contributed by atoms with E-state index >= 15 is 0 Å². The quantitative estimate of drug-likeness (QED) is 0.632. The summed E-state index contributed by atoms with van der Waals surface area (Å²) < 4.78 is 5.66. The molecule has 0 bridgehead atoms. The molecule has 2 fully saturated rings. The van der Waals surface area contributed by atoms with Gasteiger partial charge < -0.3 is 14.6 Å². The number of aromatic nitrogens is 2. The molecule has 1 aliphatic carbocycles. The number of nitrogens with zero attached hydrogens (tertiary/aromatic N) is 3. The van der Waals surface area contributed by atoms with Crippen molar-refractivity contribution >= 4 is 23.5 Å². The van der Waals surface area contributed by atoms with Crippen molar-refractivity contribution in [1.82, 2.24) is 15.3 Å². The summed E-state index contributed by atoms with van der Waals surface area (Å²) in [6.07, 6.45) is 4.59. The Morgan fingerprint density at radius 2 is 2.12 bits per heavy atom. The van der Waals surface area contributed by atoms with Gasteiger partial charge in [-0.3, -0.25) is 4.79 Å². The topological polar surface area (TPSA) is 71.3 Å². The fraction of sp³-hybridized carbons (Fsp3) is 0.500. The van der Waals surface area contributed by atoms with E-state index in [1.54, 1.807) is 6.07 Å². The first-order chi connectivity index (χ1) is 12.2. The first-order valence-electron chi connectivity index (χ1n) is 8.80. The van der Waals surface area contributed by atoms with Crippen molar-refractivity contribution in [3.63, 3.8) is 0 Å². The van der Waals surface area contributed by atoms with Crippen LogP contribution < -0.4 is 10.2 Å². The zero-order chi connectivity index (χ0) is 17.2. The highest BCUT2D eigenvalue weighted by Gasteiger charge is 2.25. The molecule has 2 aromatic rings. The van der Waals surface area contributed by atoms with Crippen molar-refractivity contribution in [2.75, 3.05) is 18.0 Å². The van der Waals surface area contributed by atoms with Gasteiger partial charge in [0.2, 0.25) is 0 Å². The number of rotatable bonds is 6. The zero-order valence-corrected chi connectivity index (χ0v) is 15.1. The van der Waals surface area contributed by atoms with E-state index in [4.69, 9.17) is 4.42 Å². The second-order valence-corrected chi connectivity index (χ2v) is 7.59. The first-order valence-corrected chi connectivity index (χ1v) is 9.79. The SMILES string of the molecule is Cc1cc(N2CCCC2)nc(SCc2ccc(C(=O)NC3CC3)o2)n1. The Morgan fingerprint density at radius 1 is 1.32 bits per heavy atom. The smallest absolute Gasteiger partial charge is 0.287 e. The third kappa shape index (κ3) is 4.15. The summed E-state index contributed by atoms with van der Waals surface area (Å²) in [4.78, 5) is 23.5. The van der Waals surface area contributed by atoms with Crippen molar-refractivity contribution < 1.29 is 9.21 Å². The number of carbonyl (C=O) groups is 1. The van der Waals surface area contributed by atoms with Gasteiger partial charge in [0, 0.05) is 30.9 Å². The third-order valence-corrected chi connectivity index (χ3v) is 5.26. The van der Waals surface area contributed by atoms with E-state index in [0.717, 1.165) is 48.4 Å². The van der Waals surface area contributed by atoms with E-state index in [-0.39, 0.29) is 5.91 Å². The number of carbonyl (C=O) groups excluding carboxylic acids is 1. The standard InChI is InChI=1S/C18H22N4O2S/c1-12-10-16(22-8-2-3-9-22)21-18(19-12)25-11-14-6-7-15(24-14)17(23)20-13-4-5-13/h6-7,10,13H,2-5,8-9,11H2,1H3,(H,20,23). The van der Waals surface area contributed by atoms with Gasteiger partial charge in [0.05, 0.1) is 5.75 Å². The maximum atomic E-state index is 12.0. The van der Waals surface area contributed by atoms with E-state index in [1.165, 1.54) is 24.6 Å². The Bertz CT molecular complexity index is 766. The number of thioether (sulfide) groups is 1. The van der Waals surface area contributed by atoms with Gasteiger partial charge in [0.1, 0.15) is 11.6 Å². The fourth-order valence-corrected chi connectivity index (χ4v) is 3.69. The van der Waals surface area contributed by atoms with Crippen molar-refractivity contribution in [2.45, 2.75) is 49.6 Å². The van der Waals surface area contributed by atoms with Crippen LogP contribution in [0.3, 0.4) is 0 Å². The average molecular weight is 358 g/mol. The zero-order valence-electron chi connectivity index (χ0n) is 14.3. The highest BCUT2D eigenvalue weighted by molar-refractivity contribution is 7.98. The summed E-state index contributed by atoms with van der Waals surface area (Å²) in [5.74, 6) is 2.64. The molecule has 25 heavy (non-hydrogen) atoms. The Balaban J connectivity index is 1.39. The molecule has 0 atom stereocenters. The molecule has 0 unspecified atom stereocenters. The van der Waals surface area contributed by atoms with Gasteiger partial charge in [-0.25, -0.2) is 9.97 Å². The molecule has 1 aliphatic heterocycles. The lowest BCUT2D eigenvalue weighted by atomic mass is 10.4. The van der Waals surface area contributed by atoms with Crippen LogP contribution in [0.15, 0.2) is 27.8 Å². The summed E-state index contributed by atoms with van der Waals surface area (Å²) in [6, 6.07) is 5.97. The Labute approximate surface area is 151 Å². The minimum absolute atomic E-state index is 0.123. The third-order valence-electron chi connectivity index (χ3n) is 4.39. The summed E-state index contributed by atoms with van der Waals surface area (Å²) in [5, 5.41) is 3.69. The Hall–Kier alpha value is -2.02. The monoisotopic (exact) mass is 358 g/mol. The van der Waals surface area contributed by atoms with Crippen LogP contribution in [-0.4, -0.2) is 35.0 Å². The molecule has 1 saturated heterocycles. The average Bonchev–Trinajstić information content (AvgIpc) is 3.08. The van der Waals surface area contributed by atoms with Gasteiger partial charge in [0.25, 0.3) is 5.91 Å². The largest absolute Gasteiger partial charge is 0.455 e. The molecule has 3 heterocycles. The lowest BCUT2D eigenvalue weighted by Gasteiger charge is -2.17. The fourth-order valence-electron chi connectivity index (χ4n) is 2.90. The predicted octanol–water partition coefficient (Wildman–Crippen LogP) is 3.16. The highest BCUT2D eigenvalue weighted by atomic mass is 32.2. The van der Waals surface area contributed by atoms with Crippen LogP contribution in [0.5, 0.6) is 0 Å². The number of hydrogen-bond acceptors (Lipinski definition) is 6. The van der Waals surface area contributed by atoms with Crippen LogP contribution in [-0.2, 0) is 5.75 Å². The minimum atomic E-state index is -0.123. The molecule has 4 rings (SSSR count). The van der Waals surface area contributed by atoms with Gasteiger partial charge in [-0.05, 0) is 44.7 Å². The predicted molar refractivity (Wildman–Crippen MR) is 97.0 cm³/mol. The molecule has 1 N–H and O–H groups in total. The van der Waals surface area contributed by atoms with Gasteiger partial charge in [-0.15, -0.1) is 0 Å². The van der Waals surface area contributed by atoms with Crippen molar-refractivity contribution in [3.8, 4) is 0 Å². The molecule has 0 radical (unpaired) electrons. The first kappa shape index (κ1) is 16.4. The molecule has 7 heteroatoms. The van der Waals surface area contributed by atoms with E-state index in [9.17, 15) is 4.79 Å². The Kier molecular flexibility index (Phi) is 4.65. The van der Waals surface area contributed by atoms with Crippen LogP contribution >= 0.6 is 11.8 Å². The summed E-state index contributed by atoms with van der Waals surface area (Å²) in [6.45, 7) is 4.13. The van der Waals surface area contributed by atoms with Crippen molar-refractivity contribution in [3.05, 3.63) is 35.4 Å². The molecule has 0 spiro atoms. The van der Waals surface area contributed by atoms with Crippen molar-refractivity contribution in [2.24, 2.45) is 0 Å². The van der Waals surface area contributed by atoms with Crippen LogP contribution in [0.1, 0.15) is 47.7 Å². The van der Waals surface area contributed by atoms with Gasteiger partial charge in [-0.2, -0.15) is 0 Å². The molecule has 132 valence electrons. The second-order valence-electron chi connectivity index (χ2n) is 6.65. The number of furan rings is 1. The second kappa shape index (κ2) is 7.07. The summed E-state index contributed by atoms with van der Waals surface area (Å²) in [7, 11) is 0. The molecule has 1 saturated carbocycles. The molecular formula is C18H22N4O2S. The van der Waals surface area contributed by atoms with Crippen LogP contribution in [0.4, 0.5) is 5.82 Å². The summed E-state index contributed by atoms with van der Waals surface area (Å²) in [5.41, 5.74) is 0.975. The number of hydrogen-bond donors (Lipinski definition) is 1. The van der Waals surface area contributed by atoms with E-state index in [0.29, 0.717) is 17.6 Å². The van der Waals surface area contributed by atoms with E-state index in [2.05, 4.69) is 20.2 Å². The number of aryl methyl sites for hydroxylation is 1. The number of amides is 1. The maximum absolute atomic E-state index is 12.0. The molecule has 2 aliphatic rings. The van der Waals surface area contributed by atoms with E-state index < -0.39 is 0 Å². The highest BCUT2D eigenvalue weighted by Crippen LogP contribution is 2.26. The number of nitrogens with one attached hydrogen (secondary N) is 1. The van der Waals surface area contributed by atoms with Gasteiger partial charge in [0.15, 0.2) is 10.9 Å². The lowest BCUT2D eigenvalue weighted by Crippen LogP contribution is -2.24. The number of anilines is 1. The van der Waals surface area contributed by atoms with Crippen LogP contribution in [0.25, 0.3) is 0 Å². The Morgan fingerprint density at radius 3 is 2.88 bits per heavy atom. The molecule has 1 amide bonds. The minimum Gasteiger partial charge on any atom is -0.455 e. The molecular weight excluding hydrogens is 336 g/mol. The maximum Gasteiger partial charge on any atom is 0.287 e. The summed E-state index contributed by atoms with van der Waals surface area (Å²) >= 11 is 1.54. The van der Waals surface area contributed by atoms with Gasteiger partial charge >= 0.3 is 0 Å². The molecule has 6 nitrogen and oxygen atoms in total. The lowest BCUT2D eigenvalue weighted by molar-refractivity contribution is 0.0922. The van der Waals surface area contributed by atoms with Crippen LogP contribution in [0.2, 0.25) is 0 Å². The molecule has 0 aromatic carbocycles. The normalized spacial score (nSPS) is 17.1. The van der Waals surface area contributed by atoms with Gasteiger partial charge in [-0.1, -0.05) is 11.8 Å². The molecule has 2 aromatic heterocycles.